The number of carbonyl (C=O) groups is 1. The molecule has 3 rings (SSSR count). The van der Waals surface area contributed by atoms with Gasteiger partial charge in [-0.05, 0) is 23.6 Å². The molecule has 1 aromatic carbocycles. The van der Waals surface area contributed by atoms with Crippen LogP contribution in [-0.4, -0.2) is 24.0 Å². The lowest BCUT2D eigenvalue weighted by Crippen LogP contribution is -1.99. The zero-order chi connectivity index (χ0) is 12.5. The van der Waals surface area contributed by atoms with Gasteiger partial charge in [0.05, 0.1) is 13.2 Å². The predicted octanol–water partition coefficient (Wildman–Crippen LogP) is 2.60. The van der Waals surface area contributed by atoms with Crippen molar-refractivity contribution in [3.05, 3.63) is 30.1 Å². The van der Waals surface area contributed by atoms with Crippen LogP contribution in [0.2, 0.25) is 0 Å². The summed E-state index contributed by atoms with van der Waals surface area (Å²) in [6, 6.07) is 5.63. The topological polar surface area (TPSA) is 48.4 Å². The van der Waals surface area contributed by atoms with Gasteiger partial charge >= 0.3 is 0 Å². The summed E-state index contributed by atoms with van der Waals surface area (Å²) < 4.78 is 11.3. The summed E-state index contributed by atoms with van der Waals surface area (Å²) in [4.78, 5) is 15.7. The Hall–Kier alpha value is -2.10. The number of hydrogen-bond acceptors (Lipinski definition) is 4. The van der Waals surface area contributed by atoms with E-state index in [4.69, 9.17) is 9.47 Å². The van der Waals surface area contributed by atoms with Crippen molar-refractivity contribution in [2.24, 2.45) is 0 Å². The van der Waals surface area contributed by atoms with E-state index in [1.54, 1.807) is 6.20 Å². The smallest absolute Gasteiger partial charge is 0.178 e. The predicted molar refractivity (Wildman–Crippen MR) is 67.4 cm³/mol. The number of pyridine rings is 1. The maximum absolute atomic E-state index is 11.6. The molecular formula is C14H13NO3. The van der Waals surface area contributed by atoms with Crippen LogP contribution >= 0.6 is 0 Å². The van der Waals surface area contributed by atoms with Gasteiger partial charge in [0, 0.05) is 24.9 Å². The molecule has 4 heteroatoms. The van der Waals surface area contributed by atoms with Crippen LogP contribution in [0.3, 0.4) is 0 Å². The quantitative estimate of drug-likeness (QED) is 0.722. The minimum absolute atomic E-state index is 0.0462. The first-order chi connectivity index (χ1) is 8.75. The van der Waals surface area contributed by atoms with E-state index in [9.17, 15) is 4.79 Å². The molecule has 18 heavy (non-hydrogen) atoms. The molecule has 0 atom stereocenters. The number of fused-ring (bicyclic) bond motifs is 2. The van der Waals surface area contributed by atoms with Crippen LogP contribution in [0.25, 0.3) is 10.8 Å². The molecule has 0 spiro atoms. The molecule has 0 fully saturated rings. The van der Waals surface area contributed by atoms with Gasteiger partial charge in [-0.2, -0.15) is 0 Å². The Morgan fingerprint density at radius 1 is 1.22 bits per heavy atom. The zero-order valence-electron chi connectivity index (χ0n) is 10.1. The molecule has 4 nitrogen and oxygen atoms in total. The number of carbonyl (C=O) groups excluding carboxylic acids is 1. The van der Waals surface area contributed by atoms with Crippen molar-refractivity contribution in [1.29, 1.82) is 0 Å². The lowest BCUT2D eigenvalue weighted by Gasteiger charge is -2.10. The molecule has 0 radical (unpaired) electrons. The van der Waals surface area contributed by atoms with E-state index in [0.717, 1.165) is 22.9 Å². The zero-order valence-corrected chi connectivity index (χ0v) is 10.1. The number of aromatic nitrogens is 1. The van der Waals surface area contributed by atoms with E-state index in [2.05, 4.69) is 4.98 Å². The monoisotopic (exact) mass is 243 g/mol. The van der Waals surface area contributed by atoms with Crippen molar-refractivity contribution in [3.8, 4) is 11.5 Å². The van der Waals surface area contributed by atoms with Gasteiger partial charge < -0.3 is 9.47 Å². The second kappa shape index (κ2) is 4.29. The lowest BCUT2D eigenvalue weighted by atomic mass is 10.1. The number of ketones is 1. The number of ether oxygens (including phenoxy) is 2. The molecule has 0 unspecified atom stereocenters. The fraction of sp³-hybridized carbons (Fsp3) is 0.286. The van der Waals surface area contributed by atoms with E-state index in [1.807, 2.05) is 18.2 Å². The molecule has 2 heterocycles. The van der Waals surface area contributed by atoms with Crippen molar-refractivity contribution < 1.29 is 14.3 Å². The van der Waals surface area contributed by atoms with Crippen molar-refractivity contribution in [1.82, 2.24) is 4.98 Å². The van der Waals surface area contributed by atoms with Crippen LogP contribution < -0.4 is 9.47 Å². The molecule has 0 aliphatic carbocycles. The summed E-state index contributed by atoms with van der Waals surface area (Å²) in [7, 11) is 0. The molecule has 1 aliphatic heterocycles. The number of benzene rings is 1. The van der Waals surface area contributed by atoms with Crippen LogP contribution in [0, 0.1) is 0 Å². The third kappa shape index (κ3) is 1.79. The molecule has 92 valence electrons. The fourth-order valence-electron chi connectivity index (χ4n) is 2.11. The van der Waals surface area contributed by atoms with E-state index in [0.29, 0.717) is 24.7 Å². The maximum atomic E-state index is 11.6. The van der Waals surface area contributed by atoms with Crippen LogP contribution in [0.4, 0.5) is 0 Å². The summed E-state index contributed by atoms with van der Waals surface area (Å²) in [6.07, 6.45) is 2.51. The highest BCUT2D eigenvalue weighted by atomic mass is 16.5. The Morgan fingerprint density at radius 3 is 2.67 bits per heavy atom. The van der Waals surface area contributed by atoms with Gasteiger partial charge in [-0.3, -0.25) is 9.78 Å². The maximum Gasteiger partial charge on any atom is 0.178 e. The molecule has 0 saturated carbocycles. The van der Waals surface area contributed by atoms with Gasteiger partial charge in [0.25, 0.3) is 0 Å². The summed E-state index contributed by atoms with van der Waals surface area (Å²) in [5, 5.41) is 1.76. The summed E-state index contributed by atoms with van der Waals surface area (Å²) in [5.74, 6) is 1.38. The van der Waals surface area contributed by atoms with E-state index < -0.39 is 0 Å². The standard InChI is InChI=1S/C14H13NO3/c1-9(16)14-11-8-13-12(17-5-2-6-18-13)7-10(11)3-4-15-14/h3-4,7-8H,2,5-6H2,1H3. The molecule has 1 aliphatic rings. The summed E-state index contributed by atoms with van der Waals surface area (Å²) in [5.41, 5.74) is 0.475. The molecule has 0 N–H and O–H groups in total. The lowest BCUT2D eigenvalue weighted by molar-refractivity contribution is 0.101. The van der Waals surface area contributed by atoms with Crippen molar-refractivity contribution >= 4 is 16.6 Å². The van der Waals surface area contributed by atoms with Crippen LogP contribution in [0.5, 0.6) is 11.5 Å². The number of Topliss-reactive ketones (excluding diaryl/α,β-unsaturated/α-hetero) is 1. The van der Waals surface area contributed by atoms with Crippen LogP contribution in [0.1, 0.15) is 23.8 Å². The number of rotatable bonds is 1. The van der Waals surface area contributed by atoms with Gasteiger partial charge in [-0.1, -0.05) is 0 Å². The average Bonchev–Trinajstić information content (AvgIpc) is 2.59. The third-order valence-electron chi connectivity index (χ3n) is 2.97. The van der Waals surface area contributed by atoms with Gasteiger partial charge in [0.2, 0.25) is 0 Å². The van der Waals surface area contributed by atoms with E-state index in [1.165, 1.54) is 6.92 Å². The van der Waals surface area contributed by atoms with Crippen molar-refractivity contribution in [2.45, 2.75) is 13.3 Å². The average molecular weight is 243 g/mol. The summed E-state index contributed by atoms with van der Waals surface area (Å²) in [6.45, 7) is 2.81. The molecular weight excluding hydrogens is 230 g/mol. The minimum atomic E-state index is -0.0462. The molecule has 0 amide bonds. The highest BCUT2D eigenvalue weighted by molar-refractivity contribution is 6.05. The van der Waals surface area contributed by atoms with Crippen molar-refractivity contribution in [3.63, 3.8) is 0 Å². The molecule has 1 aromatic heterocycles. The molecule has 2 aromatic rings. The van der Waals surface area contributed by atoms with Gasteiger partial charge in [0.1, 0.15) is 5.69 Å². The highest BCUT2D eigenvalue weighted by Crippen LogP contribution is 2.34. The van der Waals surface area contributed by atoms with Crippen LogP contribution in [-0.2, 0) is 0 Å². The first-order valence-electron chi connectivity index (χ1n) is 5.95. The van der Waals surface area contributed by atoms with Gasteiger partial charge in [0.15, 0.2) is 17.3 Å². The fourth-order valence-corrected chi connectivity index (χ4v) is 2.11. The third-order valence-corrected chi connectivity index (χ3v) is 2.97. The van der Waals surface area contributed by atoms with Crippen LogP contribution in [0.15, 0.2) is 24.4 Å². The van der Waals surface area contributed by atoms with Crippen molar-refractivity contribution in [2.75, 3.05) is 13.2 Å². The normalized spacial score (nSPS) is 14.3. The SMILES string of the molecule is CC(=O)c1nccc2cc3c(cc12)OCCCO3. The largest absolute Gasteiger partial charge is 0.490 e. The Balaban J connectivity index is 2.25. The Labute approximate surface area is 105 Å². The Kier molecular flexibility index (Phi) is 2.63. The Morgan fingerprint density at radius 2 is 1.94 bits per heavy atom. The molecule has 0 saturated heterocycles. The minimum Gasteiger partial charge on any atom is -0.490 e. The Bertz CT molecular complexity index is 622. The second-order valence-corrected chi connectivity index (χ2v) is 4.29. The summed E-state index contributed by atoms with van der Waals surface area (Å²) >= 11 is 0. The first-order valence-corrected chi connectivity index (χ1v) is 5.95. The second-order valence-electron chi connectivity index (χ2n) is 4.29. The van der Waals surface area contributed by atoms with E-state index >= 15 is 0 Å². The number of nitrogens with zero attached hydrogens (tertiary/aromatic N) is 1. The highest BCUT2D eigenvalue weighted by Gasteiger charge is 2.14. The van der Waals surface area contributed by atoms with Gasteiger partial charge in [-0.15, -0.1) is 0 Å². The molecule has 0 bridgehead atoms. The first kappa shape index (κ1) is 11.0. The number of hydrogen-bond donors (Lipinski definition) is 0. The van der Waals surface area contributed by atoms with Gasteiger partial charge in [-0.25, -0.2) is 0 Å². The van der Waals surface area contributed by atoms with E-state index in [-0.39, 0.29) is 5.78 Å².